The molecule has 0 radical (unpaired) electrons. The van der Waals surface area contributed by atoms with E-state index in [0.29, 0.717) is 11.4 Å². The largest absolute Gasteiger partial charge is 0.393 e. The maximum absolute atomic E-state index is 5.48. The highest BCUT2D eigenvalue weighted by Crippen LogP contribution is 2.26. The number of thiocarbonyl (C=S) groups is 1. The monoisotopic (exact) mass is 212 g/mol. The molecule has 13 heavy (non-hydrogen) atoms. The van der Waals surface area contributed by atoms with Gasteiger partial charge in [0.1, 0.15) is 0 Å². The lowest BCUT2D eigenvalue weighted by atomic mass is 10.0. The van der Waals surface area contributed by atoms with Crippen molar-refractivity contribution in [1.82, 2.24) is 4.98 Å². The minimum absolute atomic E-state index is 0.547. The van der Waals surface area contributed by atoms with Crippen LogP contribution in [0.2, 0.25) is 0 Å². The molecule has 2 rings (SSSR count). The smallest absolute Gasteiger partial charge is 0.0998 e. The zero-order chi connectivity index (χ0) is 9.26. The summed E-state index contributed by atoms with van der Waals surface area (Å²) in [6.45, 7) is 0. The van der Waals surface area contributed by atoms with E-state index in [1.165, 1.54) is 29.8 Å². The van der Waals surface area contributed by atoms with Gasteiger partial charge in [-0.1, -0.05) is 12.2 Å². The normalized spacial score (nSPS) is 15.4. The molecule has 0 aromatic carbocycles. The van der Waals surface area contributed by atoms with Gasteiger partial charge in [-0.15, -0.1) is 11.3 Å². The second-order valence-electron chi connectivity index (χ2n) is 3.33. The number of aromatic nitrogens is 1. The molecule has 1 aromatic rings. The van der Waals surface area contributed by atoms with Crippen molar-refractivity contribution >= 4 is 28.5 Å². The summed E-state index contributed by atoms with van der Waals surface area (Å²) in [5.41, 5.74) is 6.77. The van der Waals surface area contributed by atoms with Gasteiger partial charge in [-0.25, -0.2) is 4.98 Å². The molecule has 2 nitrogen and oxygen atoms in total. The Morgan fingerprint density at radius 3 is 2.92 bits per heavy atom. The summed E-state index contributed by atoms with van der Waals surface area (Å²) in [5.74, 6) is 0. The van der Waals surface area contributed by atoms with Crippen LogP contribution in [0.25, 0.3) is 0 Å². The zero-order valence-corrected chi connectivity index (χ0v) is 9.01. The molecule has 0 saturated heterocycles. The van der Waals surface area contributed by atoms with Gasteiger partial charge < -0.3 is 5.73 Å². The Labute approximate surface area is 87.2 Å². The fourth-order valence-corrected chi connectivity index (χ4v) is 3.04. The van der Waals surface area contributed by atoms with E-state index in [4.69, 9.17) is 18.0 Å². The van der Waals surface area contributed by atoms with Crippen LogP contribution in [0, 0.1) is 0 Å². The minimum Gasteiger partial charge on any atom is -0.393 e. The van der Waals surface area contributed by atoms with Crippen LogP contribution < -0.4 is 5.73 Å². The summed E-state index contributed by atoms with van der Waals surface area (Å²) in [4.78, 5) is 6.55. The number of nitrogens with two attached hydrogens (primary N) is 1. The number of aryl methyl sites for hydroxylation is 2. The second-order valence-corrected chi connectivity index (χ2v) is 5.02. The molecule has 2 N–H and O–H groups in total. The summed E-state index contributed by atoms with van der Waals surface area (Å²) in [6, 6.07) is 0. The Hall–Kier alpha value is -0.480. The second kappa shape index (κ2) is 3.72. The van der Waals surface area contributed by atoms with Gasteiger partial charge in [0.05, 0.1) is 15.7 Å². The molecule has 1 aromatic heterocycles. The van der Waals surface area contributed by atoms with Gasteiger partial charge in [-0.05, 0) is 25.7 Å². The first-order valence-corrected chi connectivity index (χ1v) is 5.74. The molecular formula is C9H12N2S2. The number of hydrogen-bond donors (Lipinski definition) is 1. The number of rotatable bonds is 2. The summed E-state index contributed by atoms with van der Waals surface area (Å²) in [6.07, 6.45) is 5.60. The highest BCUT2D eigenvalue weighted by molar-refractivity contribution is 7.80. The topological polar surface area (TPSA) is 38.9 Å². The predicted molar refractivity (Wildman–Crippen MR) is 59.2 cm³/mol. The van der Waals surface area contributed by atoms with Crippen molar-refractivity contribution in [1.29, 1.82) is 0 Å². The molecule has 0 fully saturated rings. The third-order valence-corrected chi connectivity index (χ3v) is 3.52. The van der Waals surface area contributed by atoms with Crippen LogP contribution in [0.3, 0.4) is 0 Å². The number of nitrogens with zero attached hydrogens (tertiary/aromatic N) is 1. The van der Waals surface area contributed by atoms with Crippen molar-refractivity contribution < 1.29 is 0 Å². The molecule has 1 heterocycles. The lowest BCUT2D eigenvalue weighted by molar-refractivity contribution is 0.681. The molecule has 0 spiro atoms. The molecule has 0 saturated carbocycles. The summed E-state index contributed by atoms with van der Waals surface area (Å²) < 4.78 is 0. The van der Waals surface area contributed by atoms with Crippen molar-refractivity contribution in [2.75, 3.05) is 0 Å². The molecule has 1 aliphatic carbocycles. The standard InChI is InChI=1S/C9H12N2S2/c10-8(12)5-9-11-6-3-1-2-4-7(6)13-9/h1-5H2,(H2,10,12). The molecular weight excluding hydrogens is 200 g/mol. The summed E-state index contributed by atoms with van der Waals surface area (Å²) in [7, 11) is 0. The molecule has 4 heteroatoms. The minimum atomic E-state index is 0.547. The van der Waals surface area contributed by atoms with Crippen molar-refractivity contribution in [2.24, 2.45) is 5.73 Å². The first kappa shape index (κ1) is 9.09. The van der Waals surface area contributed by atoms with E-state index in [-0.39, 0.29) is 0 Å². The fourth-order valence-electron chi connectivity index (χ4n) is 1.63. The van der Waals surface area contributed by atoms with E-state index in [2.05, 4.69) is 4.98 Å². The average molecular weight is 212 g/mol. The third-order valence-electron chi connectivity index (χ3n) is 2.22. The van der Waals surface area contributed by atoms with E-state index < -0.39 is 0 Å². The van der Waals surface area contributed by atoms with E-state index in [9.17, 15) is 0 Å². The van der Waals surface area contributed by atoms with Crippen LogP contribution >= 0.6 is 23.6 Å². The van der Waals surface area contributed by atoms with Crippen LogP contribution in [-0.4, -0.2) is 9.97 Å². The van der Waals surface area contributed by atoms with E-state index >= 15 is 0 Å². The van der Waals surface area contributed by atoms with Crippen LogP contribution in [0.15, 0.2) is 0 Å². The lowest BCUT2D eigenvalue weighted by Crippen LogP contribution is -2.10. The van der Waals surface area contributed by atoms with Gasteiger partial charge >= 0.3 is 0 Å². The molecule has 1 aliphatic rings. The molecule has 0 atom stereocenters. The number of thiazole rings is 1. The lowest BCUT2D eigenvalue weighted by Gasteiger charge is -2.06. The Morgan fingerprint density at radius 1 is 1.46 bits per heavy atom. The third kappa shape index (κ3) is 2.06. The van der Waals surface area contributed by atoms with E-state index in [0.717, 1.165) is 11.4 Å². The van der Waals surface area contributed by atoms with Gasteiger partial charge in [0.25, 0.3) is 0 Å². The Bertz CT molecular complexity index is 307. The highest BCUT2D eigenvalue weighted by atomic mass is 32.1. The number of hydrogen-bond acceptors (Lipinski definition) is 3. The first-order valence-electron chi connectivity index (χ1n) is 4.51. The predicted octanol–water partition coefficient (Wildman–Crippen LogP) is 1.85. The Balaban J connectivity index is 2.20. The van der Waals surface area contributed by atoms with Crippen molar-refractivity contribution in [3.8, 4) is 0 Å². The summed E-state index contributed by atoms with van der Waals surface area (Å²) in [5, 5.41) is 1.10. The first-order chi connectivity index (χ1) is 6.25. The quantitative estimate of drug-likeness (QED) is 0.760. The maximum Gasteiger partial charge on any atom is 0.0998 e. The number of fused-ring (bicyclic) bond motifs is 1. The van der Waals surface area contributed by atoms with Gasteiger partial charge in [-0.3, -0.25) is 0 Å². The van der Waals surface area contributed by atoms with Crippen LogP contribution in [-0.2, 0) is 19.3 Å². The van der Waals surface area contributed by atoms with Crippen molar-refractivity contribution in [3.05, 3.63) is 15.6 Å². The molecule has 0 unspecified atom stereocenters. The summed E-state index contributed by atoms with van der Waals surface area (Å²) >= 11 is 6.65. The van der Waals surface area contributed by atoms with Gasteiger partial charge in [0.15, 0.2) is 0 Å². The molecule has 70 valence electrons. The van der Waals surface area contributed by atoms with Crippen molar-refractivity contribution in [3.63, 3.8) is 0 Å². The van der Waals surface area contributed by atoms with Crippen LogP contribution in [0.1, 0.15) is 28.4 Å². The van der Waals surface area contributed by atoms with E-state index in [1.54, 1.807) is 11.3 Å². The highest BCUT2D eigenvalue weighted by Gasteiger charge is 2.14. The maximum atomic E-state index is 5.48. The van der Waals surface area contributed by atoms with Gasteiger partial charge in [0.2, 0.25) is 0 Å². The SMILES string of the molecule is NC(=S)Cc1nc2c(s1)CCCC2. The Kier molecular flexibility index (Phi) is 2.60. The fraction of sp³-hybridized carbons (Fsp3) is 0.556. The van der Waals surface area contributed by atoms with E-state index in [1.807, 2.05) is 0 Å². The van der Waals surface area contributed by atoms with Gasteiger partial charge in [-0.2, -0.15) is 0 Å². The Morgan fingerprint density at radius 2 is 2.23 bits per heavy atom. The molecule has 0 bridgehead atoms. The molecule has 0 amide bonds. The van der Waals surface area contributed by atoms with Crippen LogP contribution in [0.4, 0.5) is 0 Å². The zero-order valence-electron chi connectivity index (χ0n) is 7.38. The van der Waals surface area contributed by atoms with Crippen molar-refractivity contribution in [2.45, 2.75) is 32.1 Å². The van der Waals surface area contributed by atoms with Gasteiger partial charge in [0, 0.05) is 11.3 Å². The molecule has 0 aliphatic heterocycles. The average Bonchev–Trinajstić information content (AvgIpc) is 2.44. The van der Waals surface area contributed by atoms with Crippen LogP contribution in [0.5, 0.6) is 0 Å².